The summed E-state index contributed by atoms with van der Waals surface area (Å²) in [5, 5.41) is 0. The maximum Gasteiger partial charge on any atom is 0.160 e. The molecular weight excluding hydrogens is 360 g/mol. The molecule has 29 heavy (non-hydrogen) atoms. The maximum absolute atomic E-state index is 5.45. The van der Waals surface area contributed by atoms with Gasteiger partial charge in [0.1, 0.15) is 0 Å². The van der Waals surface area contributed by atoms with Crippen LogP contribution in [-0.4, -0.2) is 30.6 Å². The fourth-order valence-corrected chi connectivity index (χ4v) is 3.44. The van der Waals surface area contributed by atoms with Crippen LogP contribution < -0.4 is 9.47 Å². The third-order valence-electron chi connectivity index (χ3n) is 5.30. The van der Waals surface area contributed by atoms with Gasteiger partial charge in [0, 0.05) is 32.0 Å². The summed E-state index contributed by atoms with van der Waals surface area (Å²) >= 11 is 0. The van der Waals surface area contributed by atoms with Gasteiger partial charge in [0.2, 0.25) is 0 Å². The first kappa shape index (κ1) is 20.9. The van der Waals surface area contributed by atoms with Gasteiger partial charge >= 0.3 is 0 Å². The van der Waals surface area contributed by atoms with E-state index in [9.17, 15) is 0 Å². The van der Waals surface area contributed by atoms with E-state index in [0.717, 1.165) is 37.6 Å². The number of rotatable bonds is 9. The highest BCUT2D eigenvalue weighted by Crippen LogP contribution is 2.28. The molecule has 0 aliphatic carbocycles. The molecule has 0 amide bonds. The Labute approximate surface area is 174 Å². The number of ether oxygens (including phenoxy) is 2. The fourth-order valence-electron chi connectivity index (χ4n) is 3.44. The molecule has 4 heteroatoms. The van der Waals surface area contributed by atoms with E-state index >= 15 is 0 Å². The van der Waals surface area contributed by atoms with Gasteiger partial charge in [-0.25, -0.2) is 0 Å². The van der Waals surface area contributed by atoms with Crippen LogP contribution in [0.25, 0.3) is 0 Å². The zero-order chi connectivity index (χ0) is 20.6. The molecule has 0 saturated carbocycles. The predicted molar refractivity (Wildman–Crippen MR) is 118 cm³/mol. The predicted octanol–water partition coefficient (Wildman–Crippen LogP) is 4.96. The van der Waals surface area contributed by atoms with Crippen LogP contribution in [0.15, 0.2) is 60.9 Å². The summed E-state index contributed by atoms with van der Waals surface area (Å²) in [6.07, 6.45) is 4.66. The van der Waals surface area contributed by atoms with Crippen LogP contribution in [0.1, 0.15) is 27.8 Å². The summed E-state index contributed by atoms with van der Waals surface area (Å²) in [6, 6.07) is 17.1. The molecule has 2 aromatic carbocycles. The molecule has 0 unspecified atom stereocenters. The zero-order valence-electron chi connectivity index (χ0n) is 17.8. The smallest absolute Gasteiger partial charge is 0.160 e. The van der Waals surface area contributed by atoms with Crippen LogP contribution in [0.4, 0.5) is 0 Å². The Morgan fingerprint density at radius 2 is 1.41 bits per heavy atom. The second-order valence-corrected chi connectivity index (χ2v) is 7.42. The summed E-state index contributed by atoms with van der Waals surface area (Å²) in [5.74, 6) is 1.54. The van der Waals surface area contributed by atoms with Crippen LogP contribution >= 0.6 is 0 Å². The summed E-state index contributed by atoms with van der Waals surface area (Å²) in [7, 11) is 3.34. The molecule has 0 aliphatic heterocycles. The highest BCUT2D eigenvalue weighted by molar-refractivity contribution is 5.43. The van der Waals surface area contributed by atoms with E-state index in [-0.39, 0.29) is 0 Å². The topological polar surface area (TPSA) is 34.6 Å². The lowest BCUT2D eigenvalue weighted by atomic mass is 10.1. The first-order chi connectivity index (χ1) is 14.1. The number of hydrogen-bond acceptors (Lipinski definition) is 4. The van der Waals surface area contributed by atoms with Gasteiger partial charge < -0.3 is 9.47 Å². The van der Waals surface area contributed by atoms with Crippen molar-refractivity contribution in [3.8, 4) is 11.5 Å². The molecule has 0 aliphatic rings. The summed E-state index contributed by atoms with van der Waals surface area (Å²) in [5.41, 5.74) is 6.53. The second-order valence-electron chi connectivity index (χ2n) is 7.42. The number of pyridine rings is 1. The van der Waals surface area contributed by atoms with Crippen molar-refractivity contribution in [3.05, 3.63) is 88.7 Å². The van der Waals surface area contributed by atoms with Crippen molar-refractivity contribution in [2.45, 2.75) is 33.4 Å². The van der Waals surface area contributed by atoms with Crippen molar-refractivity contribution >= 4 is 0 Å². The van der Waals surface area contributed by atoms with Crippen LogP contribution in [0.3, 0.4) is 0 Å². The molecule has 1 heterocycles. The van der Waals surface area contributed by atoms with Crippen molar-refractivity contribution < 1.29 is 9.47 Å². The molecule has 0 bridgehead atoms. The lowest BCUT2D eigenvalue weighted by molar-refractivity contribution is 0.259. The van der Waals surface area contributed by atoms with E-state index in [0.29, 0.717) is 0 Å². The minimum Gasteiger partial charge on any atom is -0.493 e. The number of aromatic nitrogens is 1. The largest absolute Gasteiger partial charge is 0.493 e. The Bertz CT molecular complexity index is 925. The van der Waals surface area contributed by atoms with Crippen molar-refractivity contribution in [3.63, 3.8) is 0 Å². The van der Waals surface area contributed by atoms with Crippen LogP contribution in [-0.2, 0) is 19.5 Å². The Morgan fingerprint density at radius 3 is 2.10 bits per heavy atom. The normalized spacial score (nSPS) is 10.9. The molecule has 0 atom stereocenters. The Morgan fingerprint density at radius 1 is 0.724 bits per heavy atom. The summed E-state index contributed by atoms with van der Waals surface area (Å²) < 4.78 is 10.8. The van der Waals surface area contributed by atoms with Gasteiger partial charge in [-0.3, -0.25) is 9.88 Å². The van der Waals surface area contributed by atoms with Crippen molar-refractivity contribution in [1.82, 2.24) is 9.88 Å². The first-order valence-electron chi connectivity index (χ1n) is 9.97. The molecule has 4 nitrogen and oxygen atoms in total. The van der Waals surface area contributed by atoms with Crippen molar-refractivity contribution in [2.75, 3.05) is 20.8 Å². The van der Waals surface area contributed by atoms with Gasteiger partial charge in [0.15, 0.2) is 11.5 Å². The number of benzene rings is 2. The summed E-state index contributed by atoms with van der Waals surface area (Å²) in [6.45, 7) is 7.09. The van der Waals surface area contributed by atoms with E-state index < -0.39 is 0 Å². The lowest BCUT2D eigenvalue weighted by Gasteiger charge is -2.23. The SMILES string of the molecule is COc1ccc(CCN(Cc2ccncc2)Cc2ccc(C)c(C)c2)cc1OC. The standard InChI is InChI=1S/C25H30N2O2/c1-19-5-6-23(15-20(19)2)18-27(17-22-9-12-26-13-10-22)14-11-21-7-8-24(28-3)25(16-21)29-4/h5-10,12-13,15-16H,11,14,17-18H2,1-4H3. The van der Waals surface area contributed by atoms with E-state index in [1.54, 1.807) is 14.2 Å². The van der Waals surface area contributed by atoms with E-state index in [1.807, 2.05) is 18.5 Å². The third kappa shape index (κ3) is 5.81. The van der Waals surface area contributed by atoms with Gasteiger partial charge in [0.25, 0.3) is 0 Å². The number of aryl methyl sites for hydroxylation is 2. The van der Waals surface area contributed by atoms with E-state index in [2.05, 4.69) is 66.2 Å². The molecule has 152 valence electrons. The molecule has 3 aromatic rings. The molecule has 1 aromatic heterocycles. The van der Waals surface area contributed by atoms with Gasteiger partial charge in [0.05, 0.1) is 14.2 Å². The number of methoxy groups -OCH3 is 2. The Hall–Kier alpha value is -2.85. The third-order valence-corrected chi connectivity index (χ3v) is 5.30. The van der Waals surface area contributed by atoms with Crippen molar-refractivity contribution in [2.24, 2.45) is 0 Å². The average Bonchev–Trinajstić information content (AvgIpc) is 2.75. The molecule has 3 rings (SSSR count). The van der Waals surface area contributed by atoms with E-state index in [4.69, 9.17) is 9.47 Å². The molecule has 0 radical (unpaired) electrons. The monoisotopic (exact) mass is 390 g/mol. The second kappa shape index (κ2) is 10.1. The average molecular weight is 391 g/mol. The molecule has 0 saturated heterocycles. The summed E-state index contributed by atoms with van der Waals surface area (Å²) in [4.78, 5) is 6.62. The molecular formula is C25H30N2O2. The molecule has 0 N–H and O–H groups in total. The van der Waals surface area contributed by atoms with Gasteiger partial charge in [-0.1, -0.05) is 24.3 Å². The number of nitrogens with zero attached hydrogens (tertiary/aromatic N) is 2. The van der Waals surface area contributed by atoms with Crippen LogP contribution in [0.5, 0.6) is 11.5 Å². The number of hydrogen-bond donors (Lipinski definition) is 0. The quantitative estimate of drug-likeness (QED) is 0.517. The van der Waals surface area contributed by atoms with Gasteiger partial charge in [-0.15, -0.1) is 0 Å². The highest BCUT2D eigenvalue weighted by atomic mass is 16.5. The van der Waals surface area contributed by atoms with Crippen LogP contribution in [0.2, 0.25) is 0 Å². The maximum atomic E-state index is 5.45. The molecule has 0 fully saturated rings. The highest BCUT2D eigenvalue weighted by Gasteiger charge is 2.10. The van der Waals surface area contributed by atoms with Gasteiger partial charge in [-0.2, -0.15) is 0 Å². The zero-order valence-corrected chi connectivity index (χ0v) is 17.8. The lowest BCUT2D eigenvalue weighted by Crippen LogP contribution is -2.25. The van der Waals surface area contributed by atoms with Crippen LogP contribution in [0, 0.1) is 13.8 Å². The Kier molecular flexibility index (Phi) is 7.25. The fraction of sp³-hybridized carbons (Fsp3) is 0.320. The first-order valence-corrected chi connectivity index (χ1v) is 9.97. The molecule has 0 spiro atoms. The minimum atomic E-state index is 0.764. The minimum absolute atomic E-state index is 0.764. The Balaban J connectivity index is 1.74. The van der Waals surface area contributed by atoms with E-state index in [1.165, 1.54) is 27.8 Å². The van der Waals surface area contributed by atoms with Gasteiger partial charge in [-0.05, 0) is 72.4 Å². The van der Waals surface area contributed by atoms with Crippen molar-refractivity contribution in [1.29, 1.82) is 0 Å².